The molecule has 2 aromatic rings. The molecule has 0 atom stereocenters. The van der Waals surface area contributed by atoms with Gasteiger partial charge in [-0.2, -0.15) is 0 Å². The van der Waals surface area contributed by atoms with Crippen molar-refractivity contribution in [2.24, 2.45) is 11.1 Å². The van der Waals surface area contributed by atoms with E-state index in [0.717, 1.165) is 31.2 Å². The zero-order valence-electron chi connectivity index (χ0n) is 17.0. The predicted octanol–water partition coefficient (Wildman–Crippen LogP) is 4.67. The van der Waals surface area contributed by atoms with Crippen LogP contribution in [0.5, 0.6) is 0 Å². The van der Waals surface area contributed by atoms with Crippen LogP contribution in [0.2, 0.25) is 0 Å². The molecule has 0 heterocycles. The van der Waals surface area contributed by atoms with Crippen molar-refractivity contribution < 1.29 is 14.0 Å². The number of nitrogens with two attached hydrogens (primary N) is 1. The number of hydrogen-bond donors (Lipinski definition) is 3. The van der Waals surface area contributed by atoms with Gasteiger partial charge in [-0.25, -0.2) is 4.39 Å². The average Bonchev–Trinajstić information content (AvgIpc) is 2.72. The van der Waals surface area contributed by atoms with Crippen molar-refractivity contribution in [2.45, 2.75) is 44.9 Å². The Hall–Kier alpha value is -2.44. The van der Waals surface area contributed by atoms with Crippen LogP contribution in [-0.4, -0.2) is 18.4 Å². The van der Waals surface area contributed by atoms with Crippen LogP contribution >= 0.6 is 12.4 Å². The molecule has 1 aliphatic rings. The monoisotopic (exact) mass is 433 g/mol. The minimum atomic E-state index is -0.546. The van der Waals surface area contributed by atoms with Crippen LogP contribution in [0, 0.1) is 11.2 Å². The lowest BCUT2D eigenvalue weighted by atomic mass is 9.71. The second kappa shape index (κ2) is 11.1. The van der Waals surface area contributed by atoms with Crippen LogP contribution in [0.3, 0.4) is 0 Å². The van der Waals surface area contributed by atoms with Crippen molar-refractivity contribution in [3.05, 3.63) is 59.9 Å². The molecular weight excluding hydrogens is 405 g/mol. The predicted molar refractivity (Wildman–Crippen MR) is 120 cm³/mol. The van der Waals surface area contributed by atoms with Crippen molar-refractivity contribution in [3.8, 4) is 0 Å². The van der Waals surface area contributed by atoms with Crippen molar-refractivity contribution in [1.82, 2.24) is 0 Å². The summed E-state index contributed by atoms with van der Waals surface area (Å²) in [4.78, 5) is 24.8. The summed E-state index contributed by atoms with van der Waals surface area (Å²) in [5.74, 6) is -0.997. The van der Waals surface area contributed by atoms with Gasteiger partial charge in [0.2, 0.25) is 11.8 Å². The molecule has 0 radical (unpaired) electrons. The van der Waals surface area contributed by atoms with Crippen LogP contribution in [-0.2, 0) is 16.0 Å². The molecule has 1 saturated carbocycles. The lowest BCUT2D eigenvalue weighted by molar-refractivity contribution is -0.119. The molecule has 7 heteroatoms. The molecule has 0 spiro atoms. The van der Waals surface area contributed by atoms with Gasteiger partial charge in [0.05, 0.1) is 12.1 Å². The number of halogens is 2. The van der Waals surface area contributed by atoms with Gasteiger partial charge in [-0.1, -0.05) is 49.6 Å². The van der Waals surface area contributed by atoms with E-state index in [1.807, 2.05) is 30.3 Å². The van der Waals surface area contributed by atoms with E-state index in [1.54, 1.807) is 0 Å². The van der Waals surface area contributed by atoms with Gasteiger partial charge in [0.15, 0.2) is 0 Å². The molecular formula is C23H29ClFN3O2. The largest absolute Gasteiger partial charge is 0.330 e. The Bertz CT molecular complexity index is 855. The second-order valence-corrected chi connectivity index (χ2v) is 7.89. The van der Waals surface area contributed by atoms with E-state index in [2.05, 4.69) is 10.6 Å². The number of carbonyl (C=O) groups excluding carboxylic acids is 2. The van der Waals surface area contributed by atoms with Crippen molar-refractivity contribution in [2.75, 3.05) is 17.2 Å². The summed E-state index contributed by atoms with van der Waals surface area (Å²) in [6, 6.07) is 13.4. The fourth-order valence-electron chi connectivity index (χ4n) is 3.98. The molecule has 1 aliphatic carbocycles. The fourth-order valence-corrected chi connectivity index (χ4v) is 3.98. The Morgan fingerprint density at radius 2 is 1.67 bits per heavy atom. The summed E-state index contributed by atoms with van der Waals surface area (Å²) in [6.07, 6.45) is 5.80. The molecule has 0 bridgehead atoms. The van der Waals surface area contributed by atoms with Gasteiger partial charge in [0, 0.05) is 12.1 Å². The summed E-state index contributed by atoms with van der Waals surface area (Å²) < 4.78 is 14.2. The summed E-state index contributed by atoms with van der Waals surface area (Å²) in [5, 5.41) is 5.41. The van der Waals surface area contributed by atoms with Gasteiger partial charge < -0.3 is 16.4 Å². The topological polar surface area (TPSA) is 84.2 Å². The minimum absolute atomic E-state index is 0. The first-order valence-corrected chi connectivity index (χ1v) is 10.1. The lowest BCUT2D eigenvalue weighted by Gasteiger charge is -2.35. The minimum Gasteiger partial charge on any atom is -0.330 e. The maximum atomic E-state index is 14.2. The third-order valence-electron chi connectivity index (χ3n) is 5.61. The Kier molecular flexibility index (Phi) is 8.81. The molecule has 5 nitrogen and oxygen atoms in total. The number of nitrogens with one attached hydrogen (secondary N) is 2. The molecule has 2 aromatic carbocycles. The van der Waals surface area contributed by atoms with Crippen LogP contribution in [0.1, 0.15) is 44.1 Å². The van der Waals surface area contributed by atoms with Crippen molar-refractivity contribution >= 4 is 35.6 Å². The molecule has 1 fully saturated rings. The highest BCUT2D eigenvalue weighted by molar-refractivity contribution is 5.95. The third kappa shape index (κ3) is 6.54. The average molecular weight is 434 g/mol. The normalized spacial score (nSPS) is 15.0. The smallest absolute Gasteiger partial charge is 0.228 e. The zero-order valence-corrected chi connectivity index (χ0v) is 17.8. The zero-order chi connectivity index (χ0) is 20.7. The SMILES string of the molecule is Cl.NCC1(CC(=O)Nc2ccc(F)c(NC(=O)Cc3ccccc3)c2)CCCCC1. The van der Waals surface area contributed by atoms with Crippen LogP contribution in [0.25, 0.3) is 0 Å². The van der Waals surface area contributed by atoms with Crippen LogP contribution in [0.15, 0.2) is 48.5 Å². The van der Waals surface area contributed by atoms with E-state index in [9.17, 15) is 14.0 Å². The quantitative estimate of drug-likeness (QED) is 0.593. The van der Waals surface area contributed by atoms with Crippen molar-refractivity contribution in [3.63, 3.8) is 0 Å². The molecule has 0 saturated heterocycles. The molecule has 0 unspecified atom stereocenters. The van der Waals surface area contributed by atoms with Gasteiger partial charge >= 0.3 is 0 Å². The highest BCUT2D eigenvalue weighted by Crippen LogP contribution is 2.38. The van der Waals surface area contributed by atoms with Gasteiger partial charge in [-0.3, -0.25) is 9.59 Å². The van der Waals surface area contributed by atoms with Crippen molar-refractivity contribution in [1.29, 1.82) is 0 Å². The first kappa shape index (κ1) is 23.8. The number of benzene rings is 2. The number of hydrogen-bond acceptors (Lipinski definition) is 3. The maximum Gasteiger partial charge on any atom is 0.228 e. The molecule has 30 heavy (non-hydrogen) atoms. The number of amides is 2. The summed E-state index contributed by atoms with van der Waals surface area (Å²) in [7, 11) is 0. The molecule has 3 rings (SSSR count). The van der Waals surface area contributed by atoms with Gasteiger partial charge in [-0.15, -0.1) is 12.4 Å². The van der Waals surface area contributed by atoms with Gasteiger partial charge in [-0.05, 0) is 48.6 Å². The lowest BCUT2D eigenvalue weighted by Crippen LogP contribution is -2.36. The number of rotatable bonds is 7. The standard InChI is InChI=1S/C23H28FN3O2.ClH/c24-19-10-9-18(26-22(29)15-23(16-25)11-5-2-6-12-23)14-20(19)27-21(28)13-17-7-3-1-4-8-17;/h1,3-4,7-10,14H,2,5-6,11-13,15-16,25H2,(H,26,29)(H,27,28);1H. The molecule has 162 valence electrons. The third-order valence-corrected chi connectivity index (χ3v) is 5.61. The van der Waals surface area contributed by atoms with Crippen LogP contribution in [0.4, 0.5) is 15.8 Å². The van der Waals surface area contributed by atoms with E-state index in [4.69, 9.17) is 5.73 Å². The molecule has 0 aromatic heterocycles. The highest BCUT2D eigenvalue weighted by Gasteiger charge is 2.33. The van der Waals surface area contributed by atoms with E-state index in [0.29, 0.717) is 18.7 Å². The fraction of sp³-hybridized carbons (Fsp3) is 0.391. The first-order valence-electron chi connectivity index (χ1n) is 10.1. The Morgan fingerprint density at radius 3 is 2.33 bits per heavy atom. The van der Waals surface area contributed by atoms with Crippen LogP contribution < -0.4 is 16.4 Å². The van der Waals surface area contributed by atoms with E-state index in [1.165, 1.54) is 24.6 Å². The number of anilines is 2. The van der Waals surface area contributed by atoms with Gasteiger partial charge in [0.25, 0.3) is 0 Å². The number of carbonyl (C=O) groups is 2. The maximum absolute atomic E-state index is 14.2. The summed E-state index contributed by atoms with van der Waals surface area (Å²) in [5.41, 5.74) is 7.17. The first-order chi connectivity index (χ1) is 14.0. The summed E-state index contributed by atoms with van der Waals surface area (Å²) >= 11 is 0. The summed E-state index contributed by atoms with van der Waals surface area (Å²) in [6.45, 7) is 0.491. The van der Waals surface area contributed by atoms with E-state index in [-0.39, 0.29) is 41.7 Å². The van der Waals surface area contributed by atoms with E-state index >= 15 is 0 Å². The Balaban J connectivity index is 0.00000320. The van der Waals surface area contributed by atoms with Gasteiger partial charge in [0.1, 0.15) is 5.82 Å². The Morgan fingerprint density at radius 1 is 0.967 bits per heavy atom. The molecule has 0 aliphatic heterocycles. The second-order valence-electron chi connectivity index (χ2n) is 7.89. The van der Waals surface area contributed by atoms with E-state index < -0.39 is 5.82 Å². The molecule has 4 N–H and O–H groups in total. The molecule has 2 amide bonds. The Labute approximate surface area is 183 Å². The highest BCUT2D eigenvalue weighted by atomic mass is 35.5.